The highest BCUT2D eigenvalue weighted by Crippen LogP contribution is 2.37. The SMILES string of the molecule is COC[C@]1(CC(N)=O)CCCN1S(=O)(=O)c1ccc(OC)cc1. The van der Waals surface area contributed by atoms with E-state index in [-0.39, 0.29) is 17.9 Å². The van der Waals surface area contributed by atoms with Crippen LogP contribution >= 0.6 is 0 Å². The zero-order valence-corrected chi connectivity index (χ0v) is 14.1. The minimum Gasteiger partial charge on any atom is -0.497 e. The lowest BCUT2D eigenvalue weighted by Gasteiger charge is -2.36. The van der Waals surface area contributed by atoms with Gasteiger partial charge in [-0.1, -0.05) is 0 Å². The molecule has 1 aliphatic heterocycles. The van der Waals surface area contributed by atoms with Crippen LogP contribution in [0.5, 0.6) is 5.75 Å². The van der Waals surface area contributed by atoms with Crippen LogP contribution < -0.4 is 10.5 Å². The maximum atomic E-state index is 13.0. The Kier molecular flexibility index (Phi) is 5.28. The van der Waals surface area contributed by atoms with Gasteiger partial charge in [0, 0.05) is 20.1 Å². The molecule has 1 aromatic carbocycles. The molecule has 0 unspecified atom stereocenters. The maximum Gasteiger partial charge on any atom is 0.243 e. The molecule has 2 N–H and O–H groups in total. The Balaban J connectivity index is 2.40. The summed E-state index contributed by atoms with van der Waals surface area (Å²) in [5.74, 6) is 0.0320. The number of nitrogens with zero attached hydrogens (tertiary/aromatic N) is 1. The molecule has 1 aromatic rings. The van der Waals surface area contributed by atoms with Gasteiger partial charge in [-0.15, -0.1) is 0 Å². The molecule has 1 fully saturated rings. The van der Waals surface area contributed by atoms with Gasteiger partial charge in [-0.3, -0.25) is 4.79 Å². The molecule has 0 bridgehead atoms. The second-order valence-electron chi connectivity index (χ2n) is 5.66. The van der Waals surface area contributed by atoms with Gasteiger partial charge in [0.2, 0.25) is 15.9 Å². The van der Waals surface area contributed by atoms with Crippen LogP contribution in [0.1, 0.15) is 19.3 Å². The number of methoxy groups -OCH3 is 2. The molecular weight excluding hydrogens is 320 g/mol. The molecule has 1 saturated heterocycles. The van der Waals surface area contributed by atoms with Gasteiger partial charge in [-0.05, 0) is 37.1 Å². The number of benzene rings is 1. The van der Waals surface area contributed by atoms with Crippen molar-refractivity contribution in [1.82, 2.24) is 4.31 Å². The Bertz CT molecular complexity index is 659. The quantitative estimate of drug-likeness (QED) is 0.788. The molecule has 8 heteroatoms. The monoisotopic (exact) mass is 342 g/mol. The van der Waals surface area contributed by atoms with Crippen molar-refractivity contribution >= 4 is 15.9 Å². The lowest BCUT2D eigenvalue weighted by Crippen LogP contribution is -2.52. The van der Waals surface area contributed by atoms with Gasteiger partial charge in [-0.25, -0.2) is 8.42 Å². The van der Waals surface area contributed by atoms with E-state index in [9.17, 15) is 13.2 Å². The highest BCUT2D eigenvalue weighted by atomic mass is 32.2. The minimum absolute atomic E-state index is 0.0593. The van der Waals surface area contributed by atoms with Crippen molar-refractivity contribution in [3.63, 3.8) is 0 Å². The van der Waals surface area contributed by atoms with E-state index in [1.54, 1.807) is 12.1 Å². The summed E-state index contributed by atoms with van der Waals surface area (Å²) in [6.07, 6.45) is 1.14. The summed E-state index contributed by atoms with van der Waals surface area (Å²) in [5.41, 5.74) is 4.42. The summed E-state index contributed by atoms with van der Waals surface area (Å²) >= 11 is 0. The van der Waals surface area contributed by atoms with Crippen LogP contribution in [0, 0.1) is 0 Å². The van der Waals surface area contributed by atoms with Crippen molar-refractivity contribution in [2.45, 2.75) is 29.7 Å². The van der Waals surface area contributed by atoms with Gasteiger partial charge in [0.05, 0.1) is 24.2 Å². The van der Waals surface area contributed by atoms with Crippen LogP contribution in [-0.4, -0.2) is 51.5 Å². The zero-order valence-electron chi connectivity index (χ0n) is 13.3. The van der Waals surface area contributed by atoms with Gasteiger partial charge in [0.1, 0.15) is 5.75 Å². The van der Waals surface area contributed by atoms with E-state index in [1.807, 2.05) is 0 Å². The number of carbonyl (C=O) groups is 1. The average Bonchev–Trinajstić information content (AvgIpc) is 2.91. The van der Waals surface area contributed by atoms with Gasteiger partial charge in [0.25, 0.3) is 0 Å². The Hall–Kier alpha value is -1.64. The van der Waals surface area contributed by atoms with Crippen molar-refractivity contribution in [3.05, 3.63) is 24.3 Å². The van der Waals surface area contributed by atoms with Crippen molar-refractivity contribution in [1.29, 1.82) is 0 Å². The maximum absolute atomic E-state index is 13.0. The summed E-state index contributed by atoms with van der Waals surface area (Å²) in [6, 6.07) is 6.17. The highest BCUT2D eigenvalue weighted by molar-refractivity contribution is 7.89. The Morgan fingerprint density at radius 2 is 1.96 bits per heavy atom. The van der Waals surface area contributed by atoms with E-state index in [0.29, 0.717) is 25.1 Å². The predicted molar refractivity (Wildman–Crippen MR) is 84.5 cm³/mol. The van der Waals surface area contributed by atoms with Crippen molar-refractivity contribution in [2.24, 2.45) is 5.73 Å². The average molecular weight is 342 g/mol. The van der Waals surface area contributed by atoms with E-state index >= 15 is 0 Å². The number of hydrogen-bond donors (Lipinski definition) is 1. The molecule has 0 saturated carbocycles. The summed E-state index contributed by atoms with van der Waals surface area (Å²) in [6.45, 7) is 0.469. The first-order chi connectivity index (χ1) is 10.9. The normalized spacial score (nSPS) is 22.2. The molecule has 128 valence electrons. The highest BCUT2D eigenvalue weighted by Gasteiger charge is 2.48. The van der Waals surface area contributed by atoms with Crippen molar-refractivity contribution < 1.29 is 22.7 Å². The molecule has 1 amide bonds. The van der Waals surface area contributed by atoms with Crippen LogP contribution in [0.2, 0.25) is 0 Å². The zero-order chi connectivity index (χ0) is 17.1. The lowest BCUT2D eigenvalue weighted by atomic mass is 9.94. The summed E-state index contributed by atoms with van der Waals surface area (Å²) in [7, 11) is -0.749. The van der Waals surface area contributed by atoms with Crippen LogP contribution in [0.15, 0.2) is 29.2 Å². The van der Waals surface area contributed by atoms with Gasteiger partial charge in [0.15, 0.2) is 0 Å². The Morgan fingerprint density at radius 1 is 1.30 bits per heavy atom. The van der Waals surface area contributed by atoms with E-state index in [1.165, 1.54) is 30.7 Å². The molecule has 7 nitrogen and oxygen atoms in total. The van der Waals surface area contributed by atoms with Gasteiger partial charge < -0.3 is 15.2 Å². The fourth-order valence-corrected chi connectivity index (χ4v) is 4.95. The van der Waals surface area contributed by atoms with E-state index in [0.717, 1.165) is 0 Å². The first kappa shape index (κ1) is 17.7. The summed E-state index contributed by atoms with van der Waals surface area (Å²) in [4.78, 5) is 11.6. The topological polar surface area (TPSA) is 98.9 Å². The number of sulfonamides is 1. The Morgan fingerprint density at radius 3 is 2.48 bits per heavy atom. The summed E-state index contributed by atoms with van der Waals surface area (Å²) in [5, 5.41) is 0. The fraction of sp³-hybridized carbons (Fsp3) is 0.533. The lowest BCUT2D eigenvalue weighted by molar-refractivity contribution is -0.120. The Labute approximate surface area is 136 Å². The van der Waals surface area contributed by atoms with Crippen LogP contribution in [0.4, 0.5) is 0 Å². The molecule has 1 atom stereocenters. The minimum atomic E-state index is -3.75. The largest absolute Gasteiger partial charge is 0.497 e. The third-order valence-electron chi connectivity index (χ3n) is 4.10. The van der Waals surface area contributed by atoms with E-state index < -0.39 is 21.5 Å². The molecule has 1 heterocycles. The van der Waals surface area contributed by atoms with Gasteiger partial charge >= 0.3 is 0 Å². The van der Waals surface area contributed by atoms with Crippen LogP contribution in [0.3, 0.4) is 0 Å². The number of primary amides is 1. The molecule has 2 rings (SSSR count). The van der Waals surface area contributed by atoms with E-state index in [4.69, 9.17) is 15.2 Å². The summed E-state index contributed by atoms with van der Waals surface area (Å²) < 4.78 is 37.6. The number of hydrogen-bond acceptors (Lipinski definition) is 5. The smallest absolute Gasteiger partial charge is 0.243 e. The first-order valence-electron chi connectivity index (χ1n) is 7.30. The number of amides is 1. The molecule has 0 radical (unpaired) electrons. The molecule has 0 aromatic heterocycles. The van der Waals surface area contributed by atoms with Crippen molar-refractivity contribution in [2.75, 3.05) is 27.4 Å². The number of ether oxygens (including phenoxy) is 2. The van der Waals surface area contributed by atoms with Crippen molar-refractivity contribution in [3.8, 4) is 5.75 Å². The molecule has 23 heavy (non-hydrogen) atoms. The molecule has 0 spiro atoms. The second kappa shape index (κ2) is 6.86. The predicted octanol–water partition coefficient (Wildman–Crippen LogP) is 0.740. The number of rotatable bonds is 7. The van der Waals surface area contributed by atoms with E-state index in [2.05, 4.69) is 0 Å². The number of nitrogens with two attached hydrogens (primary N) is 1. The van der Waals surface area contributed by atoms with Gasteiger partial charge in [-0.2, -0.15) is 4.31 Å². The third-order valence-corrected chi connectivity index (χ3v) is 6.11. The fourth-order valence-electron chi connectivity index (χ4n) is 3.13. The van der Waals surface area contributed by atoms with Crippen LogP contribution in [-0.2, 0) is 19.6 Å². The molecular formula is C15H22N2O5S. The molecule has 1 aliphatic rings. The first-order valence-corrected chi connectivity index (χ1v) is 8.74. The second-order valence-corrected chi connectivity index (χ2v) is 7.52. The number of carbonyl (C=O) groups excluding carboxylic acids is 1. The standard InChI is InChI=1S/C15H22N2O5S/c1-21-11-15(10-14(16)18)8-3-9-17(15)23(19,20)13-6-4-12(22-2)5-7-13/h4-7H,3,8-11H2,1-2H3,(H2,16,18)/t15-/m1/s1. The molecule has 0 aliphatic carbocycles. The third kappa shape index (κ3) is 3.49. The van der Waals surface area contributed by atoms with Crippen LogP contribution in [0.25, 0.3) is 0 Å².